The number of amides is 1. The van der Waals surface area contributed by atoms with Gasteiger partial charge in [0.1, 0.15) is 11.3 Å². The van der Waals surface area contributed by atoms with E-state index in [0.29, 0.717) is 13.2 Å². The molecule has 0 unspecified atom stereocenters. The maximum absolute atomic E-state index is 11.7. The summed E-state index contributed by atoms with van der Waals surface area (Å²) >= 11 is 0. The molecule has 1 aliphatic rings. The van der Waals surface area contributed by atoms with Crippen molar-refractivity contribution in [3.8, 4) is 0 Å². The highest BCUT2D eigenvalue weighted by Gasteiger charge is 2.22. The predicted octanol–water partition coefficient (Wildman–Crippen LogP) is 1.99. The van der Waals surface area contributed by atoms with Crippen LogP contribution in [0.5, 0.6) is 0 Å². The summed E-state index contributed by atoms with van der Waals surface area (Å²) in [6.07, 6.45) is 2.69. The van der Waals surface area contributed by atoms with Crippen molar-refractivity contribution in [3.05, 3.63) is 11.8 Å². The van der Waals surface area contributed by atoms with Crippen molar-refractivity contribution in [1.29, 1.82) is 0 Å². The van der Waals surface area contributed by atoms with E-state index in [1.54, 1.807) is 26.8 Å². The molecule has 0 spiro atoms. The summed E-state index contributed by atoms with van der Waals surface area (Å²) < 4.78 is 15.1. The van der Waals surface area contributed by atoms with Crippen molar-refractivity contribution in [3.63, 3.8) is 0 Å². The van der Waals surface area contributed by atoms with Gasteiger partial charge < -0.3 is 14.2 Å². The van der Waals surface area contributed by atoms with Gasteiger partial charge in [-0.2, -0.15) is 0 Å². The second-order valence-corrected chi connectivity index (χ2v) is 5.65. The highest BCUT2D eigenvalue weighted by Crippen LogP contribution is 2.18. The maximum Gasteiger partial charge on any atom is 0.412 e. The molecule has 0 atom stereocenters. The average Bonchev–Trinajstić information content (AvgIpc) is 2.36. The molecule has 1 amide bonds. The number of alkyl carbamates (subject to hydrolysis) is 1. The first-order chi connectivity index (χ1) is 9.31. The summed E-state index contributed by atoms with van der Waals surface area (Å²) in [5.74, 6) is -0.393. The van der Waals surface area contributed by atoms with Crippen molar-refractivity contribution in [1.82, 2.24) is 5.32 Å². The van der Waals surface area contributed by atoms with Crippen molar-refractivity contribution < 1.29 is 23.8 Å². The largest absolute Gasteiger partial charge is 0.464 e. The molecule has 1 saturated heterocycles. The molecule has 0 bridgehead atoms. The van der Waals surface area contributed by atoms with E-state index in [1.165, 1.54) is 7.11 Å². The van der Waals surface area contributed by atoms with Crippen LogP contribution in [0, 0.1) is 5.92 Å². The van der Waals surface area contributed by atoms with Gasteiger partial charge in [-0.1, -0.05) is 0 Å². The summed E-state index contributed by atoms with van der Waals surface area (Å²) in [7, 11) is 1.27. The first kappa shape index (κ1) is 16.5. The van der Waals surface area contributed by atoms with Gasteiger partial charge in [-0.15, -0.1) is 0 Å². The van der Waals surface area contributed by atoms with Gasteiger partial charge in [0.05, 0.1) is 7.11 Å². The minimum absolute atomic E-state index is 0.119. The Bertz CT molecular complexity index is 378. The zero-order valence-electron chi connectivity index (χ0n) is 12.5. The fourth-order valence-corrected chi connectivity index (χ4v) is 1.80. The first-order valence-corrected chi connectivity index (χ1v) is 6.69. The van der Waals surface area contributed by atoms with Gasteiger partial charge in [0.2, 0.25) is 0 Å². The predicted molar refractivity (Wildman–Crippen MR) is 73.0 cm³/mol. The Kier molecular flexibility index (Phi) is 6.01. The molecule has 114 valence electrons. The molecule has 1 aliphatic heterocycles. The molecular weight excluding hydrogens is 262 g/mol. The Labute approximate surface area is 119 Å². The topological polar surface area (TPSA) is 73.9 Å². The Hall–Kier alpha value is -1.56. The number of rotatable bonds is 3. The molecule has 0 aromatic heterocycles. The third-order valence-corrected chi connectivity index (χ3v) is 2.71. The smallest absolute Gasteiger partial charge is 0.412 e. The standard InChI is InChI=1S/C14H23NO5/c1-14(2,3)20-13(17)15-11(12(16)18-4)9-10-5-7-19-8-6-10/h9-10H,5-8H2,1-4H3,(H,15,17)/b11-9-. The molecule has 0 aromatic carbocycles. The van der Waals surface area contributed by atoms with Gasteiger partial charge in [-0.05, 0) is 45.6 Å². The Morgan fingerprint density at radius 1 is 1.25 bits per heavy atom. The summed E-state index contributed by atoms with van der Waals surface area (Å²) in [6, 6.07) is 0. The van der Waals surface area contributed by atoms with E-state index in [9.17, 15) is 9.59 Å². The van der Waals surface area contributed by atoms with Crippen LogP contribution in [0.3, 0.4) is 0 Å². The van der Waals surface area contributed by atoms with Crippen LogP contribution in [0.15, 0.2) is 11.8 Å². The SMILES string of the molecule is COC(=O)/C(=C/C1CCOCC1)NC(=O)OC(C)(C)C. The minimum Gasteiger partial charge on any atom is -0.464 e. The van der Waals surface area contributed by atoms with Gasteiger partial charge in [0.25, 0.3) is 0 Å². The highest BCUT2D eigenvalue weighted by atomic mass is 16.6. The van der Waals surface area contributed by atoms with E-state index in [2.05, 4.69) is 10.1 Å². The van der Waals surface area contributed by atoms with E-state index in [4.69, 9.17) is 9.47 Å². The number of hydrogen-bond donors (Lipinski definition) is 1. The van der Waals surface area contributed by atoms with Crippen LogP contribution < -0.4 is 5.32 Å². The molecule has 1 rings (SSSR count). The summed E-state index contributed by atoms with van der Waals surface area (Å²) in [5, 5.41) is 2.46. The fraction of sp³-hybridized carbons (Fsp3) is 0.714. The van der Waals surface area contributed by atoms with Gasteiger partial charge >= 0.3 is 12.1 Å². The van der Waals surface area contributed by atoms with Crippen molar-refractivity contribution in [2.45, 2.75) is 39.2 Å². The number of esters is 1. The molecule has 1 fully saturated rings. The number of carbonyl (C=O) groups excluding carboxylic acids is 2. The van der Waals surface area contributed by atoms with E-state index < -0.39 is 17.7 Å². The first-order valence-electron chi connectivity index (χ1n) is 6.69. The normalized spacial score (nSPS) is 17.5. The number of allylic oxidation sites excluding steroid dienone is 1. The van der Waals surface area contributed by atoms with Crippen LogP contribution in [-0.2, 0) is 19.0 Å². The van der Waals surface area contributed by atoms with Gasteiger partial charge in [0.15, 0.2) is 0 Å². The number of nitrogens with one attached hydrogen (secondary N) is 1. The van der Waals surface area contributed by atoms with Gasteiger partial charge in [-0.3, -0.25) is 5.32 Å². The number of methoxy groups -OCH3 is 1. The monoisotopic (exact) mass is 285 g/mol. The summed E-state index contributed by atoms with van der Waals surface area (Å²) in [6.45, 7) is 6.58. The van der Waals surface area contributed by atoms with Crippen molar-refractivity contribution in [2.75, 3.05) is 20.3 Å². The second kappa shape index (κ2) is 7.28. The van der Waals surface area contributed by atoms with E-state index in [1.807, 2.05) is 0 Å². The lowest BCUT2D eigenvalue weighted by molar-refractivity contribution is -0.136. The van der Waals surface area contributed by atoms with Crippen LogP contribution in [0.25, 0.3) is 0 Å². The molecule has 0 saturated carbocycles. The van der Waals surface area contributed by atoms with Crippen molar-refractivity contribution in [2.24, 2.45) is 5.92 Å². The average molecular weight is 285 g/mol. The summed E-state index contributed by atoms with van der Waals surface area (Å²) in [5.41, 5.74) is -0.502. The lowest BCUT2D eigenvalue weighted by atomic mass is 9.99. The number of carbonyl (C=O) groups is 2. The minimum atomic E-state index is -0.666. The third-order valence-electron chi connectivity index (χ3n) is 2.71. The third kappa shape index (κ3) is 6.06. The molecule has 1 heterocycles. The zero-order valence-corrected chi connectivity index (χ0v) is 12.5. The maximum atomic E-state index is 11.7. The lowest BCUT2D eigenvalue weighted by Crippen LogP contribution is -2.35. The molecular formula is C14H23NO5. The quantitative estimate of drug-likeness (QED) is 0.634. The summed E-state index contributed by atoms with van der Waals surface area (Å²) in [4.78, 5) is 23.4. The Balaban J connectivity index is 2.71. The molecule has 0 aromatic rings. The van der Waals surface area contributed by atoms with Gasteiger partial charge in [-0.25, -0.2) is 9.59 Å². The number of hydrogen-bond acceptors (Lipinski definition) is 5. The van der Waals surface area contributed by atoms with Crippen LogP contribution >= 0.6 is 0 Å². The van der Waals surface area contributed by atoms with E-state index >= 15 is 0 Å². The van der Waals surface area contributed by atoms with Crippen LogP contribution in [0.2, 0.25) is 0 Å². The molecule has 0 aliphatic carbocycles. The number of ether oxygens (including phenoxy) is 3. The molecule has 6 heteroatoms. The zero-order chi connectivity index (χ0) is 15.2. The Morgan fingerprint density at radius 2 is 1.85 bits per heavy atom. The Morgan fingerprint density at radius 3 is 2.35 bits per heavy atom. The highest BCUT2D eigenvalue weighted by molar-refractivity contribution is 5.92. The van der Waals surface area contributed by atoms with E-state index in [-0.39, 0.29) is 11.6 Å². The molecule has 20 heavy (non-hydrogen) atoms. The van der Waals surface area contributed by atoms with Gasteiger partial charge in [0, 0.05) is 13.2 Å². The molecule has 6 nitrogen and oxygen atoms in total. The molecule has 0 radical (unpaired) electrons. The fourth-order valence-electron chi connectivity index (χ4n) is 1.80. The van der Waals surface area contributed by atoms with Crippen LogP contribution in [-0.4, -0.2) is 38.0 Å². The molecule has 1 N–H and O–H groups in total. The van der Waals surface area contributed by atoms with Crippen LogP contribution in [0.4, 0.5) is 4.79 Å². The lowest BCUT2D eigenvalue weighted by Gasteiger charge is -2.22. The van der Waals surface area contributed by atoms with Crippen molar-refractivity contribution >= 4 is 12.1 Å². The van der Waals surface area contributed by atoms with Crippen LogP contribution in [0.1, 0.15) is 33.6 Å². The second-order valence-electron chi connectivity index (χ2n) is 5.65. The van der Waals surface area contributed by atoms with E-state index in [0.717, 1.165) is 12.8 Å².